The van der Waals surface area contributed by atoms with Gasteiger partial charge in [-0.05, 0) is 25.1 Å². The number of para-hydroxylation sites is 1. The van der Waals surface area contributed by atoms with Crippen molar-refractivity contribution in [2.45, 2.75) is 27.4 Å². The third-order valence-electron chi connectivity index (χ3n) is 3.41. The molecule has 0 bridgehead atoms. The molecule has 0 saturated carbocycles. The Morgan fingerprint density at radius 3 is 2.69 bits per heavy atom. The number of ether oxygens (including phenoxy) is 2. The highest BCUT2D eigenvalue weighted by molar-refractivity contribution is 7.15. The Bertz CT molecular complexity index is 1040. The van der Waals surface area contributed by atoms with Crippen LogP contribution in [0.25, 0.3) is 17.1 Å². The number of fused-ring (bicyclic) bond motifs is 1. The molecule has 29 heavy (non-hydrogen) atoms. The fourth-order valence-electron chi connectivity index (χ4n) is 2.44. The Labute approximate surface area is 170 Å². The molecule has 3 rings (SSSR count). The maximum Gasteiger partial charge on any atom is 0.387 e. The smallest absolute Gasteiger partial charge is 0.387 e. The second-order valence-electron chi connectivity index (χ2n) is 5.40. The van der Waals surface area contributed by atoms with E-state index in [9.17, 15) is 18.7 Å². The normalized spacial score (nSPS) is 10.8. The van der Waals surface area contributed by atoms with Gasteiger partial charge in [-0.15, -0.1) is 11.3 Å². The lowest BCUT2D eigenvalue weighted by atomic mass is 10.1. The predicted molar refractivity (Wildman–Crippen MR) is 109 cm³/mol. The molecular weight excluding hydrogens is 402 g/mol. The molecule has 2 aromatic heterocycles. The fourth-order valence-corrected chi connectivity index (χ4v) is 3.16. The highest BCUT2D eigenvalue weighted by Crippen LogP contribution is 2.35. The molecule has 2 heterocycles. The van der Waals surface area contributed by atoms with Crippen molar-refractivity contribution in [3.8, 4) is 11.5 Å². The number of halogens is 2. The largest absolute Gasteiger partial charge is 0.476 e. The van der Waals surface area contributed by atoms with Crippen molar-refractivity contribution in [3.63, 3.8) is 0 Å². The van der Waals surface area contributed by atoms with Crippen LogP contribution in [0.5, 0.6) is 11.5 Å². The van der Waals surface area contributed by atoms with Crippen molar-refractivity contribution in [2.75, 3.05) is 0 Å². The van der Waals surface area contributed by atoms with Crippen molar-refractivity contribution in [3.05, 3.63) is 59.1 Å². The van der Waals surface area contributed by atoms with Crippen molar-refractivity contribution >= 4 is 34.4 Å². The van der Waals surface area contributed by atoms with Crippen LogP contribution in [0.1, 0.15) is 42.5 Å². The Hall–Kier alpha value is -3.20. The summed E-state index contributed by atoms with van der Waals surface area (Å²) >= 11 is 1.30. The summed E-state index contributed by atoms with van der Waals surface area (Å²) in [4.78, 5) is 16.4. The number of imidazole rings is 1. The number of carbonyl (C=O) groups is 1. The first-order valence-electron chi connectivity index (χ1n) is 8.65. The number of aromatic nitrogens is 2. The number of hydrogen-bond donors (Lipinski definition) is 1. The maximum absolute atomic E-state index is 12.6. The molecule has 0 amide bonds. The molecule has 0 unspecified atom stereocenters. The van der Waals surface area contributed by atoms with Gasteiger partial charge in [0.25, 0.3) is 0 Å². The van der Waals surface area contributed by atoms with E-state index in [1.54, 1.807) is 24.6 Å². The first-order chi connectivity index (χ1) is 13.9. The third-order valence-corrected chi connectivity index (χ3v) is 4.17. The Balaban J connectivity index is 0.00000145. The summed E-state index contributed by atoms with van der Waals surface area (Å²) in [5, 5.41) is 11.2. The minimum atomic E-state index is -3.02. The average molecular weight is 422 g/mol. The number of thiazole rings is 1. The third kappa shape index (κ3) is 5.20. The standard InChI is InChI=1S/C18H14F2N2O4S.C2H6/c1-10(2)25-15-11(4-3-5-13(15)26-17(19)20)6-7-12-14(16(23)24)22-8-9-27-18(22)21-12;1-2/h3-9,17H,1H2,2H3,(H,23,24);1-2H3/b7-6+;. The van der Waals surface area contributed by atoms with E-state index in [4.69, 9.17) is 4.74 Å². The summed E-state index contributed by atoms with van der Waals surface area (Å²) in [6.45, 7) is 6.16. The van der Waals surface area contributed by atoms with Crippen LogP contribution < -0.4 is 9.47 Å². The Kier molecular flexibility index (Phi) is 7.49. The zero-order chi connectivity index (χ0) is 21.6. The van der Waals surface area contributed by atoms with Crippen LogP contribution in [0, 0.1) is 0 Å². The van der Waals surface area contributed by atoms with Gasteiger partial charge < -0.3 is 14.6 Å². The molecule has 1 aromatic carbocycles. The van der Waals surface area contributed by atoms with Gasteiger partial charge in [-0.2, -0.15) is 8.78 Å². The molecule has 0 aliphatic heterocycles. The molecular formula is C20H20F2N2O4S. The van der Waals surface area contributed by atoms with E-state index in [0.717, 1.165) is 0 Å². The Morgan fingerprint density at radius 2 is 2.07 bits per heavy atom. The maximum atomic E-state index is 12.6. The lowest BCUT2D eigenvalue weighted by Crippen LogP contribution is -2.05. The van der Waals surface area contributed by atoms with E-state index >= 15 is 0 Å². The lowest BCUT2D eigenvalue weighted by molar-refractivity contribution is -0.0511. The monoisotopic (exact) mass is 422 g/mol. The van der Waals surface area contributed by atoms with Crippen molar-refractivity contribution in [1.29, 1.82) is 0 Å². The first kappa shape index (κ1) is 22.1. The highest BCUT2D eigenvalue weighted by atomic mass is 32.1. The van der Waals surface area contributed by atoms with Crippen molar-refractivity contribution in [1.82, 2.24) is 9.38 Å². The van der Waals surface area contributed by atoms with Crippen LogP contribution >= 0.6 is 11.3 Å². The van der Waals surface area contributed by atoms with Gasteiger partial charge in [0, 0.05) is 17.1 Å². The van der Waals surface area contributed by atoms with E-state index in [2.05, 4.69) is 16.3 Å². The first-order valence-corrected chi connectivity index (χ1v) is 9.53. The summed E-state index contributed by atoms with van der Waals surface area (Å²) in [6.07, 6.45) is 4.62. The molecule has 154 valence electrons. The SMILES string of the molecule is C=C(C)Oc1c(/C=C/c2nc3sccn3c2C(=O)O)cccc1OC(F)F.CC. The minimum Gasteiger partial charge on any atom is -0.476 e. The molecule has 1 N–H and O–H groups in total. The second kappa shape index (κ2) is 9.83. The van der Waals surface area contributed by atoms with Gasteiger partial charge in [0.15, 0.2) is 22.2 Å². The fraction of sp³-hybridized carbons (Fsp3) is 0.200. The predicted octanol–water partition coefficient (Wildman–Crippen LogP) is 5.80. The number of allylic oxidation sites excluding steroid dienone is 1. The van der Waals surface area contributed by atoms with Gasteiger partial charge in [-0.25, -0.2) is 9.78 Å². The van der Waals surface area contributed by atoms with E-state index in [1.165, 1.54) is 40.0 Å². The lowest BCUT2D eigenvalue weighted by Gasteiger charge is -2.14. The number of carboxylic acids is 1. The molecule has 0 atom stereocenters. The van der Waals surface area contributed by atoms with Crippen LogP contribution in [-0.4, -0.2) is 27.1 Å². The Morgan fingerprint density at radius 1 is 1.34 bits per heavy atom. The molecule has 0 spiro atoms. The molecule has 0 radical (unpaired) electrons. The summed E-state index contributed by atoms with van der Waals surface area (Å²) in [5.41, 5.74) is 0.643. The highest BCUT2D eigenvalue weighted by Gasteiger charge is 2.18. The number of carboxylic acid groups (broad SMARTS) is 1. The van der Waals surface area contributed by atoms with Gasteiger partial charge in [-0.3, -0.25) is 4.40 Å². The number of rotatable bonds is 7. The van der Waals surface area contributed by atoms with Gasteiger partial charge >= 0.3 is 12.6 Å². The summed E-state index contributed by atoms with van der Waals surface area (Å²) in [6, 6.07) is 4.48. The van der Waals surface area contributed by atoms with Crippen LogP contribution in [0.3, 0.4) is 0 Å². The summed E-state index contributed by atoms with van der Waals surface area (Å²) in [7, 11) is 0. The zero-order valence-corrected chi connectivity index (χ0v) is 16.9. The summed E-state index contributed by atoms with van der Waals surface area (Å²) < 4.78 is 36.7. The van der Waals surface area contributed by atoms with Crippen LogP contribution in [0.4, 0.5) is 8.78 Å². The quantitative estimate of drug-likeness (QED) is 0.487. The minimum absolute atomic E-state index is 0.00450. The van der Waals surface area contributed by atoms with E-state index < -0.39 is 12.6 Å². The van der Waals surface area contributed by atoms with E-state index in [0.29, 0.717) is 10.5 Å². The van der Waals surface area contributed by atoms with Crippen LogP contribution in [-0.2, 0) is 0 Å². The molecule has 0 aliphatic rings. The molecule has 0 saturated heterocycles. The molecule has 9 heteroatoms. The van der Waals surface area contributed by atoms with Gasteiger partial charge in [0.1, 0.15) is 0 Å². The number of benzene rings is 1. The van der Waals surface area contributed by atoms with E-state index in [1.807, 2.05) is 13.8 Å². The number of alkyl halides is 2. The van der Waals surface area contributed by atoms with Crippen LogP contribution in [0.15, 0.2) is 42.1 Å². The molecule has 0 aliphatic carbocycles. The molecule has 0 fully saturated rings. The zero-order valence-electron chi connectivity index (χ0n) is 16.1. The van der Waals surface area contributed by atoms with Gasteiger partial charge in [0.05, 0.1) is 11.5 Å². The summed E-state index contributed by atoms with van der Waals surface area (Å²) in [5.74, 6) is -0.948. The second-order valence-corrected chi connectivity index (χ2v) is 6.27. The number of aromatic carboxylic acids is 1. The number of nitrogens with zero attached hydrogens (tertiary/aromatic N) is 2. The van der Waals surface area contributed by atoms with Gasteiger partial charge in [-0.1, -0.05) is 32.6 Å². The average Bonchev–Trinajstić information content (AvgIpc) is 3.23. The topological polar surface area (TPSA) is 73.1 Å². The van der Waals surface area contributed by atoms with Crippen molar-refractivity contribution in [2.24, 2.45) is 0 Å². The molecule has 6 nitrogen and oxygen atoms in total. The number of hydrogen-bond acceptors (Lipinski definition) is 5. The van der Waals surface area contributed by atoms with E-state index in [-0.39, 0.29) is 28.6 Å². The van der Waals surface area contributed by atoms with Crippen molar-refractivity contribution < 1.29 is 28.2 Å². The molecule has 3 aromatic rings. The van der Waals surface area contributed by atoms with Crippen LogP contribution in [0.2, 0.25) is 0 Å². The van der Waals surface area contributed by atoms with Gasteiger partial charge in [0.2, 0.25) is 0 Å².